The molecule has 5 N–H and O–H groups in total. The van der Waals surface area contributed by atoms with Crippen LogP contribution >= 0.6 is 0 Å². The van der Waals surface area contributed by atoms with Crippen LogP contribution in [0.25, 0.3) is 0 Å². The van der Waals surface area contributed by atoms with Crippen LogP contribution in [0.3, 0.4) is 0 Å². The molecular weight excluding hydrogens is 258 g/mol. The first kappa shape index (κ1) is 16.3. The fraction of sp³-hybridized carbons (Fsp3) is 0.500. The fourth-order valence-electron chi connectivity index (χ4n) is 1.99. The highest BCUT2D eigenvalue weighted by atomic mass is 16.3. The molecule has 0 saturated heterocycles. The summed E-state index contributed by atoms with van der Waals surface area (Å²) in [6.45, 7) is 2.65. The fourth-order valence-corrected chi connectivity index (χ4v) is 1.99. The van der Waals surface area contributed by atoms with Gasteiger partial charge in [0, 0.05) is 12.6 Å². The lowest BCUT2D eigenvalue weighted by molar-refractivity contribution is -0.123. The standard InChI is InChI=1S/C14H23N3O3/c1-9(8-17(2)3)16-14(20)11(15)6-10-4-5-12(18)13(19)7-10/h4-5,7,9,11,18-19H,6,8,15H2,1-3H3,(H,16,20)/t9?,11-/m0/s1. The molecule has 6 nitrogen and oxygen atoms in total. The molecule has 1 aromatic rings. The molecule has 1 aromatic carbocycles. The Morgan fingerprint density at radius 3 is 2.55 bits per heavy atom. The van der Waals surface area contributed by atoms with E-state index >= 15 is 0 Å². The molecule has 1 rings (SSSR count). The molecule has 2 atom stereocenters. The van der Waals surface area contributed by atoms with Crippen LogP contribution in [-0.2, 0) is 11.2 Å². The highest BCUT2D eigenvalue weighted by Gasteiger charge is 2.17. The van der Waals surface area contributed by atoms with Crippen LogP contribution in [0.15, 0.2) is 18.2 Å². The largest absolute Gasteiger partial charge is 0.504 e. The molecule has 0 fully saturated rings. The number of hydrogen-bond donors (Lipinski definition) is 4. The summed E-state index contributed by atoms with van der Waals surface area (Å²) in [5.74, 6) is -0.630. The van der Waals surface area contributed by atoms with Crippen LogP contribution in [0.2, 0.25) is 0 Å². The summed E-state index contributed by atoms with van der Waals surface area (Å²) in [7, 11) is 3.86. The molecule has 112 valence electrons. The van der Waals surface area contributed by atoms with Gasteiger partial charge in [0.25, 0.3) is 0 Å². The average molecular weight is 281 g/mol. The van der Waals surface area contributed by atoms with E-state index in [4.69, 9.17) is 5.73 Å². The van der Waals surface area contributed by atoms with Crippen LogP contribution < -0.4 is 11.1 Å². The molecule has 0 aliphatic rings. The number of carbonyl (C=O) groups excluding carboxylic acids is 1. The van der Waals surface area contributed by atoms with E-state index in [1.165, 1.54) is 12.1 Å². The summed E-state index contributed by atoms with van der Waals surface area (Å²) in [4.78, 5) is 13.9. The highest BCUT2D eigenvalue weighted by Crippen LogP contribution is 2.25. The molecule has 0 radical (unpaired) electrons. The minimum absolute atomic E-state index is 0.0109. The van der Waals surface area contributed by atoms with E-state index < -0.39 is 6.04 Å². The third-order valence-corrected chi connectivity index (χ3v) is 2.86. The van der Waals surface area contributed by atoms with E-state index in [-0.39, 0.29) is 23.4 Å². The number of phenolic OH excluding ortho intramolecular Hbond substituents is 2. The first-order chi connectivity index (χ1) is 9.29. The van der Waals surface area contributed by atoms with Gasteiger partial charge >= 0.3 is 0 Å². The number of amides is 1. The van der Waals surface area contributed by atoms with Crippen molar-refractivity contribution in [3.8, 4) is 11.5 Å². The maximum absolute atomic E-state index is 11.9. The minimum atomic E-state index is -0.691. The Balaban J connectivity index is 2.54. The van der Waals surface area contributed by atoms with E-state index in [9.17, 15) is 15.0 Å². The topological polar surface area (TPSA) is 98.8 Å². The van der Waals surface area contributed by atoms with Gasteiger partial charge in [0.05, 0.1) is 6.04 Å². The molecule has 0 saturated carbocycles. The van der Waals surface area contributed by atoms with Crippen molar-refractivity contribution >= 4 is 5.91 Å². The number of hydrogen-bond acceptors (Lipinski definition) is 5. The number of aromatic hydroxyl groups is 2. The van der Waals surface area contributed by atoms with E-state index in [1.54, 1.807) is 6.07 Å². The molecule has 6 heteroatoms. The molecule has 1 unspecified atom stereocenters. The van der Waals surface area contributed by atoms with Crippen molar-refractivity contribution in [3.63, 3.8) is 0 Å². The second-order valence-electron chi connectivity index (χ2n) is 5.31. The van der Waals surface area contributed by atoms with Crippen LogP contribution in [0.1, 0.15) is 12.5 Å². The predicted octanol–water partition coefficient (Wildman–Crippen LogP) is 0.0339. The zero-order valence-electron chi connectivity index (χ0n) is 12.1. The van der Waals surface area contributed by atoms with Crippen molar-refractivity contribution in [2.24, 2.45) is 5.73 Å². The summed E-state index contributed by atoms with van der Waals surface area (Å²) in [5.41, 5.74) is 6.54. The Morgan fingerprint density at radius 1 is 1.35 bits per heavy atom. The number of benzene rings is 1. The smallest absolute Gasteiger partial charge is 0.237 e. The zero-order chi connectivity index (χ0) is 15.3. The maximum Gasteiger partial charge on any atom is 0.237 e. The van der Waals surface area contributed by atoms with Crippen molar-refractivity contribution in [1.29, 1.82) is 0 Å². The molecule has 0 aliphatic heterocycles. The second-order valence-corrected chi connectivity index (χ2v) is 5.31. The maximum atomic E-state index is 11.9. The average Bonchev–Trinajstić information content (AvgIpc) is 2.32. The van der Waals surface area contributed by atoms with E-state index in [0.717, 1.165) is 6.54 Å². The number of rotatable bonds is 6. The Bertz CT molecular complexity index is 463. The lowest BCUT2D eigenvalue weighted by atomic mass is 10.1. The normalized spacial score (nSPS) is 14.1. The van der Waals surface area contributed by atoms with Crippen LogP contribution in [0, 0.1) is 0 Å². The van der Waals surface area contributed by atoms with Gasteiger partial charge in [-0.25, -0.2) is 0 Å². The molecule has 0 aromatic heterocycles. The lowest BCUT2D eigenvalue weighted by Gasteiger charge is -2.20. The number of likely N-dealkylation sites (N-methyl/N-ethyl adjacent to an activating group) is 1. The third-order valence-electron chi connectivity index (χ3n) is 2.86. The van der Waals surface area contributed by atoms with Crippen LogP contribution in [0.5, 0.6) is 11.5 Å². The van der Waals surface area contributed by atoms with Crippen LogP contribution in [0.4, 0.5) is 0 Å². The van der Waals surface area contributed by atoms with Gasteiger partial charge in [0.15, 0.2) is 11.5 Å². The Hall–Kier alpha value is -1.79. The van der Waals surface area contributed by atoms with E-state index in [0.29, 0.717) is 12.0 Å². The Morgan fingerprint density at radius 2 is 2.00 bits per heavy atom. The first-order valence-corrected chi connectivity index (χ1v) is 6.51. The second kappa shape index (κ2) is 7.12. The monoisotopic (exact) mass is 281 g/mol. The minimum Gasteiger partial charge on any atom is -0.504 e. The molecular formula is C14H23N3O3. The van der Waals surface area contributed by atoms with Gasteiger partial charge in [0.2, 0.25) is 5.91 Å². The summed E-state index contributed by atoms with van der Waals surface area (Å²) in [6, 6.07) is 3.74. The van der Waals surface area contributed by atoms with E-state index in [2.05, 4.69) is 5.32 Å². The number of nitrogens with two attached hydrogens (primary N) is 1. The number of nitrogens with zero attached hydrogens (tertiary/aromatic N) is 1. The van der Waals surface area contributed by atoms with Crippen molar-refractivity contribution in [3.05, 3.63) is 23.8 Å². The summed E-state index contributed by atoms with van der Waals surface area (Å²) in [6.07, 6.45) is 0.300. The number of carbonyl (C=O) groups is 1. The molecule has 1 amide bonds. The number of phenols is 2. The number of nitrogens with one attached hydrogen (secondary N) is 1. The Labute approximate surface area is 119 Å². The third kappa shape index (κ3) is 5.07. The van der Waals surface area contributed by atoms with Gasteiger partial charge in [0.1, 0.15) is 0 Å². The molecule has 0 aliphatic carbocycles. The van der Waals surface area contributed by atoms with Gasteiger partial charge in [-0.15, -0.1) is 0 Å². The van der Waals surface area contributed by atoms with Gasteiger partial charge in [-0.2, -0.15) is 0 Å². The summed E-state index contributed by atoms with van der Waals surface area (Å²) in [5, 5.41) is 21.5. The molecule has 20 heavy (non-hydrogen) atoms. The molecule has 0 heterocycles. The van der Waals surface area contributed by atoms with Crippen molar-refractivity contribution in [2.45, 2.75) is 25.4 Å². The van der Waals surface area contributed by atoms with Crippen LogP contribution in [-0.4, -0.2) is 53.7 Å². The predicted molar refractivity (Wildman–Crippen MR) is 77.6 cm³/mol. The van der Waals surface area contributed by atoms with Crippen molar-refractivity contribution in [1.82, 2.24) is 10.2 Å². The molecule has 0 bridgehead atoms. The summed E-state index contributed by atoms with van der Waals surface area (Å²) < 4.78 is 0. The Kier molecular flexibility index (Phi) is 5.79. The SMILES string of the molecule is CC(CN(C)C)NC(=O)[C@@H](N)Cc1ccc(O)c(O)c1. The highest BCUT2D eigenvalue weighted by molar-refractivity contribution is 5.82. The van der Waals surface area contributed by atoms with Gasteiger partial charge in [-0.1, -0.05) is 6.07 Å². The van der Waals surface area contributed by atoms with E-state index in [1.807, 2.05) is 25.9 Å². The molecule has 0 spiro atoms. The first-order valence-electron chi connectivity index (χ1n) is 6.51. The lowest BCUT2D eigenvalue weighted by Crippen LogP contribution is -2.48. The van der Waals surface area contributed by atoms with Gasteiger partial charge < -0.3 is 26.2 Å². The summed E-state index contributed by atoms with van der Waals surface area (Å²) >= 11 is 0. The zero-order valence-corrected chi connectivity index (χ0v) is 12.1. The van der Waals surface area contributed by atoms with Crippen molar-refractivity contribution < 1.29 is 15.0 Å². The van der Waals surface area contributed by atoms with Gasteiger partial charge in [-0.3, -0.25) is 4.79 Å². The van der Waals surface area contributed by atoms with Gasteiger partial charge in [-0.05, 0) is 45.1 Å². The van der Waals surface area contributed by atoms with Crippen molar-refractivity contribution in [2.75, 3.05) is 20.6 Å². The quantitative estimate of drug-likeness (QED) is 0.552.